The predicted molar refractivity (Wildman–Crippen MR) is 100 cm³/mol. The van der Waals surface area contributed by atoms with Gasteiger partial charge in [0, 0.05) is 31.4 Å². The average Bonchev–Trinajstić information content (AvgIpc) is 3.08. The summed E-state index contributed by atoms with van der Waals surface area (Å²) in [6.45, 7) is 2.51. The van der Waals surface area contributed by atoms with Gasteiger partial charge in [0.25, 0.3) is 5.91 Å². The molecule has 0 bridgehead atoms. The number of benzene rings is 1. The molecule has 26 heavy (non-hydrogen) atoms. The number of likely N-dealkylation sites (tertiary alicyclic amines) is 1. The molecular formula is C20H22N4O2. The lowest BCUT2D eigenvalue weighted by Crippen LogP contribution is -2.40. The van der Waals surface area contributed by atoms with Crippen molar-refractivity contribution in [2.24, 2.45) is 7.05 Å². The van der Waals surface area contributed by atoms with E-state index in [-0.39, 0.29) is 17.4 Å². The molecule has 1 amide bonds. The summed E-state index contributed by atoms with van der Waals surface area (Å²) in [5.74, 6) is 0.704. The maximum absolute atomic E-state index is 13.2. The lowest BCUT2D eigenvalue weighted by Gasteiger charge is -2.35. The standard InChI is InChI=1S/C20H22N4O2/c1-13-11-14(25)12-18(23(13)2)20(26)24-10-6-5-9-17(24)19-21-15-7-3-4-8-16(15)22-19/h3-4,7-8,11-12,17H,5-6,9-10H2,1-2H3,(H,21,22)/t17-/m0/s1. The van der Waals surface area contributed by atoms with Crippen molar-refractivity contribution < 1.29 is 4.79 Å². The maximum atomic E-state index is 13.2. The molecule has 0 radical (unpaired) electrons. The summed E-state index contributed by atoms with van der Waals surface area (Å²) in [6, 6.07) is 10.8. The maximum Gasteiger partial charge on any atom is 0.271 e. The predicted octanol–water partition coefficient (Wildman–Crippen LogP) is 2.94. The molecule has 6 nitrogen and oxygen atoms in total. The van der Waals surface area contributed by atoms with Crippen molar-refractivity contribution in [3.05, 3.63) is 63.8 Å². The number of hydrogen-bond donors (Lipinski definition) is 1. The topological polar surface area (TPSA) is 71.0 Å². The number of pyridine rings is 1. The molecule has 0 saturated carbocycles. The molecule has 3 aromatic rings. The van der Waals surface area contributed by atoms with Crippen LogP contribution in [-0.4, -0.2) is 31.9 Å². The van der Waals surface area contributed by atoms with Crippen molar-refractivity contribution in [3.63, 3.8) is 0 Å². The fourth-order valence-electron chi connectivity index (χ4n) is 3.71. The molecule has 0 spiro atoms. The van der Waals surface area contributed by atoms with Crippen LogP contribution in [0.5, 0.6) is 0 Å². The molecule has 1 saturated heterocycles. The van der Waals surface area contributed by atoms with E-state index >= 15 is 0 Å². The number of nitrogens with one attached hydrogen (secondary N) is 1. The van der Waals surface area contributed by atoms with E-state index in [1.165, 1.54) is 6.07 Å². The Hall–Kier alpha value is -2.89. The molecule has 1 fully saturated rings. The van der Waals surface area contributed by atoms with E-state index < -0.39 is 0 Å². The smallest absolute Gasteiger partial charge is 0.271 e. The summed E-state index contributed by atoms with van der Waals surface area (Å²) < 4.78 is 1.79. The summed E-state index contributed by atoms with van der Waals surface area (Å²) >= 11 is 0. The minimum atomic E-state index is -0.138. The van der Waals surface area contributed by atoms with E-state index in [0.29, 0.717) is 12.2 Å². The summed E-state index contributed by atoms with van der Waals surface area (Å²) in [4.78, 5) is 35.1. The van der Waals surface area contributed by atoms with Gasteiger partial charge in [-0.2, -0.15) is 0 Å². The number of aromatic nitrogens is 3. The molecule has 3 heterocycles. The molecule has 4 rings (SSSR count). The van der Waals surface area contributed by atoms with Crippen LogP contribution < -0.4 is 5.43 Å². The first-order valence-corrected chi connectivity index (χ1v) is 8.98. The highest BCUT2D eigenvalue weighted by Crippen LogP contribution is 2.31. The minimum Gasteiger partial charge on any atom is -0.344 e. The Kier molecular flexibility index (Phi) is 4.11. The van der Waals surface area contributed by atoms with E-state index in [0.717, 1.165) is 41.8 Å². The first kappa shape index (κ1) is 16.6. The number of H-pyrrole nitrogens is 1. The lowest BCUT2D eigenvalue weighted by atomic mass is 10.0. The summed E-state index contributed by atoms with van der Waals surface area (Å²) in [6.07, 6.45) is 2.88. The summed E-state index contributed by atoms with van der Waals surface area (Å²) in [7, 11) is 1.82. The molecule has 134 valence electrons. The van der Waals surface area contributed by atoms with Crippen molar-refractivity contribution in [3.8, 4) is 0 Å². The highest BCUT2D eigenvalue weighted by molar-refractivity contribution is 5.93. The Morgan fingerprint density at radius 3 is 2.85 bits per heavy atom. The molecule has 1 aliphatic rings. The lowest BCUT2D eigenvalue weighted by molar-refractivity contribution is 0.0590. The van der Waals surface area contributed by atoms with Crippen LogP contribution in [0, 0.1) is 6.92 Å². The first-order valence-electron chi connectivity index (χ1n) is 8.98. The second-order valence-electron chi connectivity index (χ2n) is 6.93. The van der Waals surface area contributed by atoms with Gasteiger partial charge in [0.1, 0.15) is 11.5 Å². The number of para-hydroxylation sites is 2. The third-order valence-electron chi connectivity index (χ3n) is 5.23. The normalized spacial score (nSPS) is 17.6. The average molecular weight is 350 g/mol. The third kappa shape index (κ3) is 2.81. The Morgan fingerprint density at radius 1 is 1.23 bits per heavy atom. The van der Waals surface area contributed by atoms with Crippen molar-refractivity contribution in [2.75, 3.05) is 6.54 Å². The summed E-state index contributed by atoms with van der Waals surface area (Å²) in [5, 5.41) is 0. The van der Waals surface area contributed by atoms with Crippen molar-refractivity contribution in [1.82, 2.24) is 19.4 Å². The molecule has 1 N–H and O–H groups in total. The Labute approximate surface area is 151 Å². The highest BCUT2D eigenvalue weighted by atomic mass is 16.2. The number of nitrogens with zero attached hydrogens (tertiary/aromatic N) is 3. The zero-order valence-electron chi connectivity index (χ0n) is 15.0. The fraction of sp³-hybridized carbons (Fsp3) is 0.350. The molecule has 0 aliphatic carbocycles. The van der Waals surface area contributed by atoms with E-state index in [2.05, 4.69) is 4.98 Å². The van der Waals surface area contributed by atoms with Crippen molar-refractivity contribution in [1.29, 1.82) is 0 Å². The number of aromatic amines is 1. The number of aryl methyl sites for hydroxylation is 1. The van der Waals surface area contributed by atoms with Gasteiger partial charge in [-0.3, -0.25) is 9.59 Å². The third-order valence-corrected chi connectivity index (χ3v) is 5.23. The number of fused-ring (bicyclic) bond motifs is 1. The number of carbonyl (C=O) groups excluding carboxylic acids is 1. The van der Waals surface area contributed by atoms with Gasteiger partial charge in [0.05, 0.1) is 17.1 Å². The molecule has 1 atom stereocenters. The zero-order valence-corrected chi connectivity index (χ0v) is 15.0. The van der Waals surface area contributed by atoms with Gasteiger partial charge in [-0.05, 0) is 38.3 Å². The van der Waals surface area contributed by atoms with Crippen LogP contribution in [0.25, 0.3) is 11.0 Å². The second kappa shape index (κ2) is 6.44. The van der Waals surface area contributed by atoms with Gasteiger partial charge in [0.15, 0.2) is 5.43 Å². The monoisotopic (exact) mass is 350 g/mol. The quantitative estimate of drug-likeness (QED) is 0.772. The van der Waals surface area contributed by atoms with Gasteiger partial charge < -0.3 is 14.5 Å². The number of amides is 1. The SMILES string of the molecule is Cc1cc(=O)cc(C(=O)N2CCCC[C@H]2c2nc3ccccc3[nH]2)n1C. The fourth-order valence-corrected chi connectivity index (χ4v) is 3.71. The van der Waals surface area contributed by atoms with Crippen LogP contribution in [0.1, 0.15) is 47.3 Å². The number of imidazole rings is 1. The van der Waals surface area contributed by atoms with E-state index in [4.69, 9.17) is 4.98 Å². The first-order chi connectivity index (χ1) is 12.5. The van der Waals surface area contributed by atoms with Crippen LogP contribution in [0.4, 0.5) is 0 Å². The Bertz CT molecular complexity index is 1000. The number of hydrogen-bond acceptors (Lipinski definition) is 3. The van der Waals surface area contributed by atoms with E-state index in [1.807, 2.05) is 43.1 Å². The van der Waals surface area contributed by atoms with E-state index in [1.54, 1.807) is 10.6 Å². The molecule has 2 aromatic heterocycles. The number of rotatable bonds is 2. The van der Waals surface area contributed by atoms with Gasteiger partial charge in [0.2, 0.25) is 0 Å². The van der Waals surface area contributed by atoms with Crippen LogP contribution in [0.3, 0.4) is 0 Å². The Morgan fingerprint density at radius 2 is 2.04 bits per heavy atom. The second-order valence-corrected chi connectivity index (χ2v) is 6.93. The van der Waals surface area contributed by atoms with E-state index in [9.17, 15) is 9.59 Å². The van der Waals surface area contributed by atoms with Gasteiger partial charge in [-0.15, -0.1) is 0 Å². The molecule has 6 heteroatoms. The molecule has 1 aromatic carbocycles. The van der Waals surface area contributed by atoms with Crippen molar-refractivity contribution >= 4 is 16.9 Å². The van der Waals surface area contributed by atoms with Gasteiger partial charge >= 0.3 is 0 Å². The van der Waals surface area contributed by atoms with Crippen LogP contribution in [-0.2, 0) is 7.05 Å². The van der Waals surface area contributed by atoms with Crippen molar-refractivity contribution in [2.45, 2.75) is 32.2 Å². The van der Waals surface area contributed by atoms with Gasteiger partial charge in [-0.1, -0.05) is 12.1 Å². The van der Waals surface area contributed by atoms with Gasteiger partial charge in [-0.25, -0.2) is 4.98 Å². The van der Waals surface area contributed by atoms with Crippen LogP contribution in [0.2, 0.25) is 0 Å². The molecular weight excluding hydrogens is 328 g/mol. The minimum absolute atomic E-state index is 0.0979. The number of carbonyl (C=O) groups is 1. The molecule has 1 aliphatic heterocycles. The van der Waals surface area contributed by atoms with Crippen LogP contribution >= 0.6 is 0 Å². The largest absolute Gasteiger partial charge is 0.344 e. The molecule has 0 unspecified atom stereocenters. The Balaban J connectivity index is 1.74. The summed E-state index contributed by atoms with van der Waals surface area (Å²) in [5.41, 5.74) is 2.95. The zero-order chi connectivity index (χ0) is 18.3. The highest BCUT2D eigenvalue weighted by Gasteiger charge is 2.31. The number of piperidine rings is 1. The van der Waals surface area contributed by atoms with Crippen LogP contribution in [0.15, 0.2) is 41.2 Å².